The predicted molar refractivity (Wildman–Crippen MR) is 81.8 cm³/mol. The Labute approximate surface area is 123 Å². The first-order valence-electron chi connectivity index (χ1n) is 7.26. The fourth-order valence-electron chi connectivity index (χ4n) is 2.02. The second-order valence-corrected chi connectivity index (χ2v) is 7.04. The number of carbonyl (C=O) groups excluding carboxylic acids is 1. The van der Waals surface area contributed by atoms with Crippen molar-refractivity contribution in [2.24, 2.45) is 0 Å². The summed E-state index contributed by atoms with van der Waals surface area (Å²) >= 11 is 0. The van der Waals surface area contributed by atoms with Gasteiger partial charge in [-0.15, -0.1) is 0 Å². The topological polar surface area (TPSA) is 52.6 Å². The number of hydrogen-bond acceptors (Lipinski definition) is 4. The first kappa shape index (κ1) is 19.4. The number of carbonyl (C=O) groups is 1. The molecule has 0 aliphatic carbocycles. The second-order valence-electron chi connectivity index (χ2n) is 4.93. The molecule has 0 heterocycles. The standard InChI is InChI=1S/C14H29NO4P/c1-7-15(8-2,9-3)11-12-20(17,18-10-4)19-14(16)13(5)6/h5,7-12H2,1-4,6H3/q+1. The van der Waals surface area contributed by atoms with Gasteiger partial charge >= 0.3 is 13.6 Å². The minimum Gasteiger partial charge on any atom is -0.388 e. The maximum atomic E-state index is 12.6. The molecule has 1 atom stereocenters. The molecule has 0 aliphatic heterocycles. The van der Waals surface area contributed by atoms with E-state index in [1.165, 1.54) is 6.92 Å². The molecule has 0 saturated heterocycles. The Kier molecular flexibility index (Phi) is 8.33. The van der Waals surface area contributed by atoms with E-state index in [2.05, 4.69) is 27.4 Å². The van der Waals surface area contributed by atoms with E-state index in [0.717, 1.165) is 24.1 Å². The van der Waals surface area contributed by atoms with Gasteiger partial charge in [0.25, 0.3) is 0 Å². The van der Waals surface area contributed by atoms with Crippen LogP contribution < -0.4 is 0 Å². The molecule has 0 amide bonds. The molecule has 20 heavy (non-hydrogen) atoms. The van der Waals surface area contributed by atoms with E-state index in [1.807, 2.05) is 0 Å². The van der Waals surface area contributed by atoms with Crippen molar-refractivity contribution in [1.82, 2.24) is 0 Å². The summed E-state index contributed by atoms with van der Waals surface area (Å²) in [7, 11) is -3.39. The monoisotopic (exact) mass is 306 g/mol. The molecule has 0 aromatic rings. The molecule has 5 nitrogen and oxygen atoms in total. The van der Waals surface area contributed by atoms with E-state index in [4.69, 9.17) is 9.05 Å². The summed E-state index contributed by atoms with van der Waals surface area (Å²) in [5.74, 6) is -0.649. The average molecular weight is 306 g/mol. The van der Waals surface area contributed by atoms with Gasteiger partial charge in [-0.05, 0) is 34.6 Å². The third-order valence-electron chi connectivity index (χ3n) is 3.76. The van der Waals surface area contributed by atoms with Crippen LogP contribution in [0.4, 0.5) is 0 Å². The summed E-state index contributed by atoms with van der Waals surface area (Å²) in [6.07, 6.45) is 0.245. The number of rotatable bonds is 10. The van der Waals surface area contributed by atoms with Gasteiger partial charge in [-0.1, -0.05) is 6.58 Å². The van der Waals surface area contributed by atoms with Crippen LogP contribution in [0.1, 0.15) is 34.6 Å². The Morgan fingerprint density at radius 1 is 1.15 bits per heavy atom. The zero-order valence-corrected chi connectivity index (χ0v) is 14.4. The lowest BCUT2D eigenvalue weighted by Crippen LogP contribution is -2.49. The average Bonchev–Trinajstić information content (AvgIpc) is 2.41. The molecular formula is C14H29NO4P+. The van der Waals surface area contributed by atoms with Crippen LogP contribution in [0.3, 0.4) is 0 Å². The number of quaternary nitrogens is 1. The minimum absolute atomic E-state index is 0.229. The summed E-state index contributed by atoms with van der Waals surface area (Å²) in [4.78, 5) is 11.6. The summed E-state index contributed by atoms with van der Waals surface area (Å²) in [6, 6.07) is 0. The van der Waals surface area contributed by atoms with Gasteiger partial charge < -0.3 is 9.01 Å². The normalized spacial score (nSPS) is 14.7. The van der Waals surface area contributed by atoms with Crippen molar-refractivity contribution < 1.29 is 22.9 Å². The Morgan fingerprint density at radius 2 is 1.65 bits per heavy atom. The fraction of sp³-hybridized carbons (Fsp3) is 0.786. The molecule has 6 heteroatoms. The van der Waals surface area contributed by atoms with Gasteiger partial charge in [0, 0.05) is 5.57 Å². The summed E-state index contributed by atoms with van der Waals surface area (Å²) in [6.45, 7) is 16.9. The van der Waals surface area contributed by atoms with Gasteiger partial charge in [0.2, 0.25) is 0 Å². The van der Waals surface area contributed by atoms with E-state index in [-0.39, 0.29) is 18.3 Å². The van der Waals surface area contributed by atoms with Crippen LogP contribution >= 0.6 is 7.60 Å². The van der Waals surface area contributed by atoms with Crippen molar-refractivity contribution in [2.75, 3.05) is 38.9 Å². The first-order chi connectivity index (χ1) is 9.28. The minimum atomic E-state index is -3.39. The molecule has 0 aliphatic rings. The van der Waals surface area contributed by atoms with Gasteiger partial charge in [0.15, 0.2) is 0 Å². The Morgan fingerprint density at radius 3 is 2.00 bits per heavy atom. The summed E-state index contributed by atoms with van der Waals surface area (Å²) in [5.41, 5.74) is 0.229. The molecule has 0 radical (unpaired) electrons. The van der Waals surface area contributed by atoms with E-state index >= 15 is 0 Å². The highest BCUT2D eigenvalue weighted by Gasteiger charge is 2.33. The lowest BCUT2D eigenvalue weighted by atomic mass is 10.3. The van der Waals surface area contributed by atoms with Crippen LogP contribution in [0, 0.1) is 0 Å². The second kappa shape index (κ2) is 8.60. The third kappa shape index (κ3) is 5.78. The Hall–Kier alpha value is -0.640. The van der Waals surface area contributed by atoms with Crippen LogP contribution in [0.15, 0.2) is 12.2 Å². The van der Waals surface area contributed by atoms with Crippen molar-refractivity contribution in [3.63, 3.8) is 0 Å². The number of nitrogens with zero attached hydrogens (tertiary/aromatic N) is 1. The van der Waals surface area contributed by atoms with Gasteiger partial charge in [-0.25, -0.2) is 9.36 Å². The molecule has 0 bridgehead atoms. The molecule has 0 fully saturated rings. The molecular weight excluding hydrogens is 277 g/mol. The lowest BCUT2D eigenvalue weighted by molar-refractivity contribution is -0.921. The molecule has 0 saturated carbocycles. The lowest BCUT2D eigenvalue weighted by Gasteiger charge is -2.36. The van der Waals surface area contributed by atoms with Crippen molar-refractivity contribution in [2.45, 2.75) is 34.6 Å². The maximum Gasteiger partial charge on any atom is 0.387 e. The summed E-state index contributed by atoms with van der Waals surface area (Å²) < 4.78 is 23.7. The molecule has 0 aromatic heterocycles. The fourth-order valence-corrected chi connectivity index (χ4v) is 3.76. The highest BCUT2D eigenvalue weighted by Crippen LogP contribution is 2.48. The molecule has 0 spiro atoms. The molecule has 0 N–H and O–H groups in total. The highest BCUT2D eigenvalue weighted by molar-refractivity contribution is 7.54. The molecule has 0 aromatic carbocycles. The third-order valence-corrected chi connectivity index (χ3v) is 5.60. The van der Waals surface area contributed by atoms with Crippen molar-refractivity contribution in [1.29, 1.82) is 0 Å². The smallest absolute Gasteiger partial charge is 0.387 e. The van der Waals surface area contributed by atoms with Gasteiger partial charge in [0.05, 0.1) is 32.8 Å². The Balaban J connectivity index is 4.88. The predicted octanol–water partition coefficient (Wildman–Crippen LogP) is 3.21. The van der Waals surface area contributed by atoms with Crippen LogP contribution in [0.5, 0.6) is 0 Å². The zero-order chi connectivity index (χ0) is 15.8. The molecule has 118 valence electrons. The van der Waals surface area contributed by atoms with E-state index in [1.54, 1.807) is 6.92 Å². The van der Waals surface area contributed by atoms with E-state index in [9.17, 15) is 9.36 Å². The van der Waals surface area contributed by atoms with Gasteiger partial charge in [0.1, 0.15) is 6.16 Å². The van der Waals surface area contributed by atoms with Crippen LogP contribution in [0.2, 0.25) is 0 Å². The summed E-state index contributed by atoms with van der Waals surface area (Å²) in [5, 5.41) is 0. The Bertz CT molecular complexity index is 369. The van der Waals surface area contributed by atoms with E-state index in [0.29, 0.717) is 6.54 Å². The van der Waals surface area contributed by atoms with Gasteiger partial charge in [-0.2, -0.15) is 0 Å². The molecule has 1 unspecified atom stereocenters. The van der Waals surface area contributed by atoms with Crippen LogP contribution in [0.25, 0.3) is 0 Å². The van der Waals surface area contributed by atoms with Crippen LogP contribution in [-0.4, -0.2) is 49.4 Å². The molecule has 0 rings (SSSR count). The van der Waals surface area contributed by atoms with Crippen molar-refractivity contribution in [3.8, 4) is 0 Å². The maximum absolute atomic E-state index is 12.6. The van der Waals surface area contributed by atoms with Gasteiger partial charge in [-0.3, -0.25) is 4.52 Å². The van der Waals surface area contributed by atoms with Crippen molar-refractivity contribution >= 4 is 13.6 Å². The quantitative estimate of drug-likeness (QED) is 0.353. The highest BCUT2D eigenvalue weighted by atomic mass is 31.2. The largest absolute Gasteiger partial charge is 0.388 e. The zero-order valence-electron chi connectivity index (χ0n) is 13.5. The van der Waals surface area contributed by atoms with Crippen molar-refractivity contribution in [3.05, 3.63) is 12.2 Å². The first-order valence-corrected chi connectivity index (χ1v) is 8.99. The van der Waals surface area contributed by atoms with E-state index < -0.39 is 13.6 Å². The SMILES string of the molecule is C=C(C)C(=O)OP(=O)(CC[N+](CC)(CC)CC)OCC. The van der Waals surface area contributed by atoms with Crippen LogP contribution in [-0.2, 0) is 18.4 Å². The number of hydrogen-bond donors (Lipinski definition) is 0.